The van der Waals surface area contributed by atoms with Crippen molar-refractivity contribution in [2.75, 3.05) is 13.1 Å². The summed E-state index contributed by atoms with van der Waals surface area (Å²) >= 11 is 0. The molecule has 3 atom stereocenters. The third kappa shape index (κ3) is 7.54. The van der Waals surface area contributed by atoms with Gasteiger partial charge in [-0.2, -0.15) is 0 Å². The van der Waals surface area contributed by atoms with Crippen molar-refractivity contribution in [2.24, 2.45) is 17.8 Å². The van der Waals surface area contributed by atoms with Crippen LogP contribution < -0.4 is 4.74 Å². The molecular weight excluding hydrogens is 584 g/mol. The van der Waals surface area contributed by atoms with Gasteiger partial charge < -0.3 is 14.4 Å². The van der Waals surface area contributed by atoms with Gasteiger partial charge in [0, 0.05) is 32.1 Å². The molecule has 1 aromatic heterocycles. The lowest BCUT2D eigenvalue weighted by molar-refractivity contribution is -0.0365. The first-order chi connectivity index (χ1) is 21.6. The average molecular weight is 631 g/mol. The van der Waals surface area contributed by atoms with E-state index < -0.39 is 9.84 Å². The topological polar surface area (TPSA) is 85.8 Å². The summed E-state index contributed by atoms with van der Waals surface area (Å²) in [5.74, 6) is 2.49. The number of hydrogen-bond donors (Lipinski definition) is 0. The number of likely N-dealkylation sites (tertiary alicyclic amines) is 1. The van der Waals surface area contributed by atoms with Crippen molar-refractivity contribution < 1.29 is 22.7 Å². The molecule has 6 rings (SSSR count). The highest BCUT2D eigenvalue weighted by molar-refractivity contribution is 7.89. The van der Waals surface area contributed by atoms with Crippen molar-refractivity contribution in [1.82, 2.24) is 9.88 Å². The van der Waals surface area contributed by atoms with Gasteiger partial charge in [0.2, 0.25) is 0 Å². The number of aryl methyl sites for hydroxylation is 1. The van der Waals surface area contributed by atoms with E-state index in [-0.39, 0.29) is 29.3 Å². The van der Waals surface area contributed by atoms with Crippen molar-refractivity contribution >= 4 is 15.9 Å². The van der Waals surface area contributed by atoms with Gasteiger partial charge in [-0.25, -0.2) is 13.2 Å². The second kappa shape index (κ2) is 13.1. The molecule has 240 valence electrons. The summed E-state index contributed by atoms with van der Waals surface area (Å²) in [5, 5.41) is 0. The van der Waals surface area contributed by atoms with Gasteiger partial charge >= 0.3 is 6.09 Å². The quantitative estimate of drug-likeness (QED) is 0.267. The Morgan fingerprint density at radius 1 is 1.00 bits per heavy atom. The van der Waals surface area contributed by atoms with Crippen LogP contribution in [-0.2, 0) is 32.5 Å². The van der Waals surface area contributed by atoms with Gasteiger partial charge in [0.25, 0.3) is 0 Å². The Hall–Kier alpha value is -3.39. The molecule has 0 bridgehead atoms. The average Bonchev–Trinajstić information content (AvgIpc) is 3.02. The van der Waals surface area contributed by atoms with Crippen molar-refractivity contribution in [2.45, 2.75) is 88.9 Å². The Morgan fingerprint density at radius 3 is 2.47 bits per heavy atom. The molecule has 2 aromatic carbocycles. The van der Waals surface area contributed by atoms with Crippen LogP contribution in [0.5, 0.6) is 5.75 Å². The molecule has 2 fully saturated rings. The van der Waals surface area contributed by atoms with E-state index >= 15 is 0 Å². The van der Waals surface area contributed by atoms with Crippen molar-refractivity contribution in [3.8, 4) is 16.9 Å². The fourth-order valence-electron chi connectivity index (χ4n) is 7.41. The van der Waals surface area contributed by atoms with Crippen molar-refractivity contribution in [1.29, 1.82) is 0 Å². The molecule has 2 aliphatic heterocycles. The van der Waals surface area contributed by atoms with Gasteiger partial charge in [0.1, 0.15) is 17.5 Å². The zero-order valence-corrected chi connectivity index (χ0v) is 27.6. The highest BCUT2D eigenvalue weighted by atomic mass is 32.2. The Kier molecular flexibility index (Phi) is 9.23. The number of carbonyl (C=O) groups is 1. The largest absolute Gasteiger partial charge is 0.487 e. The van der Waals surface area contributed by atoms with E-state index in [1.165, 1.54) is 5.56 Å². The molecule has 45 heavy (non-hydrogen) atoms. The third-order valence-electron chi connectivity index (χ3n) is 10.1. The Bertz CT molecular complexity index is 1580. The van der Waals surface area contributed by atoms with Crippen molar-refractivity contribution in [3.63, 3.8) is 0 Å². The van der Waals surface area contributed by atoms with Crippen LogP contribution in [0.4, 0.5) is 4.79 Å². The summed E-state index contributed by atoms with van der Waals surface area (Å²) in [6.45, 7) is 8.11. The first-order valence-electron chi connectivity index (χ1n) is 16.6. The van der Waals surface area contributed by atoms with Gasteiger partial charge in [-0.3, -0.25) is 4.98 Å². The lowest BCUT2D eigenvalue weighted by Crippen LogP contribution is -2.52. The molecule has 1 aliphatic carbocycles. The van der Waals surface area contributed by atoms with Gasteiger partial charge in [-0.15, -0.1) is 0 Å². The normalized spacial score (nSPS) is 22.9. The summed E-state index contributed by atoms with van der Waals surface area (Å²) in [7, 11) is -3.32. The predicted octanol–water partition coefficient (Wildman–Crippen LogP) is 7.62. The van der Waals surface area contributed by atoms with Crippen LogP contribution in [0.25, 0.3) is 11.1 Å². The summed E-state index contributed by atoms with van der Waals surface area (Å²) in [5.41, 5.74) is 4.40. The van der Waals surface area contributed by atoms with E-state index in [2.05, 4.69) is 44.0 Å². The molecule has 3 aliphatic rings. The van der Waals surface area contributed by atoms with Crippen LogP contribution in [0.1, 0.15) is 76.1 Å². The van der Waals surface area contributed by atoms with Crippen LogP contribution in [0.3, 0.4) is 0 Å². The second-order valence-corrected chi connectivity index (χ2v) is 16.0. The second-order valence-electron chi connectivity index (χ2n) is 13.9. The van der Waals surface area contributed by atoms with Crippen molar-refractivity contribution in [3.05, 3.63) is 83.7 Å². The summed E-state index contributed by atoms with van der Waals surface area (Å²) in [6, 6.07) is 19.4. The van der Waals surface area contributed by atoms with Crippen LogP contribution in [0.2, 0.25) is 0 Å². The first kappa shape index (κ1) is 31.6. The van der Waals surface area contributed by atoms with E-state index in [9.17, 15) is 13.2 Å². The summed E-state index contributed by atoms with van der Waals surface area (Å²) in [6.07, 6.45) is 8.18. The summed E-state index contributed by atoms with van der Waals surface area (Å²) in [4.78, 5) is 19.2. The lowest BCUT2D eigenvalue weighted by atomic mass is 9.75. The van der Waals surface area contributed by atoms with Gasteiger partial charge in [-0.1, -0.05) is 57.2 Å². The maximum atomic E-state index is 13.2. The number of aromatic nitrogens is 1. The number of pyridine rings is 1. The number of nitrogens with zero attached hydrogens (tertiary/aromatic N) is 2. The van der Waals surface area contributed by atoms with Crippen LogP contribution in [0.15, 0.2) is 66.9 Å². The highest BCUT2D eigenvalue weighted by Crippen LogP contribution is 2.41. The summed E-state index contributed by atoms with van der Waals surface area (Å²) < 4.78 is 38.2. The maximum Gasteiger partial charge on any atom is 0.410 e. The fraction of sp³-hybridized carbons (Fsp3) is 0.514. The smallest absolute Gasteiger partial charge is 0.410 e. The van der Waals surface area contributed by atoms with E-state index in [0.717, 1.165) is 67.4 Å². The Morgan fingerprint density at radius 2 is 1.76 bits per heavy atom. The SMILES string of the molecule is CC(C)[C@@H]1C[C@@H](C)CC[C@H]1OC(=O)N1CCC2(CCc3cc(-c4ccc(CS(=O)(=O)Cc5ccccn5)cc4)ccc3O2)CC1. The third-order valence-corrected chi connectivity index (χ3v) is 11.7. The monoisotopic (exact) mass is 630 g/mol. The van der Waals surface area contributed by atoms with E-state index in [0.29, 0.717) is 36.5 Å². The van der Waals surface area contributed by atoms with Crippen LogP contribution in [0, 0.1) is 17.8 Å². The number of benzene rings is 2. The minimum Gasteiger partial charge on any atom is -0.487 e. The van der Waals surface area contributed by atoms with E-state index in [4.69, 9.17) is 9.47 Å². The molecule has 0 radical (unpaired) electrons. The molecule has 1 spiro atoms. The maximum absolute atomic E-state index is 13.2. The zero-order valence-electron chi connectivity index (χ0n) is 26.8. The number of ether oxygens (including phenoxy) is 2. The van der Waals surface area contributed by atoms with E-state index in [1.807, 2.05) is 29.2 Å². The molecule has 7 nitrogen and oxygen atoms in total. The number of amides is 1. The number of fused-ring (bicyclic) bond motifs is 1. The first-order valence-corrected chi connectivity index (χ1v) is 18.4. The minimum atomic E-state index is -3.32. The molecule has 3 aromatic rings. The predicted molar refractivity (Wildman–Crippen MR) is 177 cm³/mol. The minimum absolute atomic E-state index is 0.0164. The molecule has 1 saturated carbocycles. The number of carbonyl (C=O) groups excluding carboxylic acids is 1. The molecule has 1 amide bonds. The number of rotatable bonds is 7. The van der Waals surface area contributed by atoms with Gasteiger partial charge in [0.15, 0.2) is 9.84 Å². The van der Waals surface area contributed by atoms with Crippen LogP contribution >= 0.6 is 0 Å². The molecule has 0 N–H and O–H groups in total. The lowest BCUT2D eigenvalue weighted by Gasteiger charge is -2.45. The zero-order chi connectivity index (χ0) is 31.6. The Labute approximate surface area is 268 Å². The van der Waals surface area contributed by atoms with Gasteiger partial charge in [0.05, 0.1) is 17.2 Å². The molecule has 3 heterocycles. The molecular formula is C37H46N2O5S. The van der Waals surface area contributed by atoms with Crippen LogP contribution in [-0.4, -0.2) is 49.2 Å². The standard InChI is InChI=1S/C37H46N2O5S/c1-26(2)33-22-27(3)7-13-35(33)43-36(40)39-20-17-37(18-21-39)16-15-31-23-30(12-14-34(31)44-37)29-10-8-28(9-11-29)24-45(41,42)25-32-6-4-5-19-38-32/h4-6,8-12,14,19,23,26-27,33,35H,7,13,15-18,20-22,24-25H2,1-3H3/t27-,33-,35+/m0/s1. The fourth-order valence-corrected chi connectivity index (χ4v) is 8.83. The molecule has 8 heteroatoms. The van der Waals surface area contributed by atoms with Gasteiger partial charge in [-0.05, 0) is 96.4 Å². The number of hydrogen-bond acceptors (Lipinski definition) is 6. The highest BCUT2D eigenvalue weighted by Gasteiger charge is 2.42. The Balaban J connectivity index is 1.04. The molecule has 0 unspecified atom stereocenters. The van der Waals surface area contributed by atoms with E-state index in [1.54, 1.807) is 24.4 Å². The number of sulfone groups is 1. The number of piperidine rings is 1. The molecule has 1 saturated heterocycles.